The standard InChI is InChI=1S/C11H11N3O2/c1-2-5-14(9-3-4-9)11-12-6-8(7-13-11)10(15)16/h1,6-7,9H,3-5H2,(H,15,16). The zero-order valence-corrected chi connectivity index (χ0v) is 8.63. The molecule has 2 rings (SSSR count). The zero-order chi connectivity index (χ0) is 11.5. The van der Waals surface area contributed by atoms with Gasteiger partial charge in [0.2, 0.25) is 5.95 Å². The third-order valence-corrected chi connectivity index (χ3v) is 2.39. The Kier molecular flexibility index (Phi) is 2.73. The normalized spacial score (nSPS) is 14.2. The summed E-state index contributed by atoms with van der Waals surface area (Å²) in [6, 6.07) is 0.409. The van der Waals surface area contributed by atoms with Crippen LogP contribution >= 0.6 is 0 Å². The van der Waals surface area contributed by atoms with Gasteiger partial charge in [0, 0.05) is 18.4 Å². The summed E-state index contributed by atoms with van der Waals surface area (Å²) in [5.74, 6) is 2.03. The van der Waals surface area contributed by atoms with Gasteiger partial charge in [-0.05, 0) is 12.8 Å². The summed E-state index contributed by atoms with van der Waals surface area (Å²) in [5, 5.41) is 8.71. The molecule has 1 saturated carbocycles. The Morgan fingerprint density at radius 1 is 1.56 bits per heavy atom. The summed E-state index contributed by atoms with van der Waals surface area (Å²) in [6.07, 6.45) is 10.1. The summed E-state index contributed by atoms with van der Waals surface area (Å²) in [4.78, 5) is 20.6. The van der Waals surface area contributed by atoms with Gasteiger partial charge in [0.05, 0.1) is 12.1 Å². The molecular formula is C11H11N3O2. The van der Waals surface area contributed by atoms with Gasteiger partial charge < -0.3 is 10.0 Å². The van der Waals surface area contributed by atoms with Crippen molar-refractivity contribution in [3.63, 3.8) is 0 Å². The fraction of sp³-hybridized carbons (Fsp3) is 0.364. The summed E-state index contributed by atoms with van der Waals surface area (Å²) in [6.45, 7) is 0.455. The van der Waals surface area contributed by atoms with Gasteiger partial charge in [-0.1, -0.05) is 5.92 Å². The molecule has 82 valence electrons. The Balaban J connectivity index is 2.18. The molecule has 0 atom stereocenters. The van der Waals surface area contributed by atoms with Crippen LogP contribution < -0.4 is 4.90 Å². The smallest absolute Gasteiger partial charge is 0.338 e. The number of anilines is 1. The minimum Gasteiger partial charge on any atom is -0.478 e. The van der Waals surface area contributed by atoms with E-state index in [0.717, 1.165) is 12.8 Å². The van der Waals surface area contributed by atoms with E-state index in [1.54, 1.807) is 0 Å². The lowest BCUT2D eigenvalue weighted by Crippen LogP contribution is -2.28. The predicted molar refractivity (Wildman–Crippen MR) is 58.2 cm³/mol. The van der Waals surface area contributed by atoms with Crippen molar-refractivity contribution in [1.82, 2.24) is 9.97 Å². The van der Waals surface area contributed by atoms with E-state index in [1.807, 2.05) is 4.90 Å². The first kappa shape index (κ1) is 10.4. The Hall–Kier alpha value is -2.09. The Morgan fingerprint density at radius 2 is 2.19 bits per heavy atom. The third kappa shape index (κ3) is 2.11. The maximum Gasteiger partial charge on any atom is 0.338 e. The molecule has 5 heteroatoms. The van der Waals surface area contributed by atoms with Crippen molar-refractivity contribution in [2.45, 2.75) is 18.9 Å². The van der Waals surface area contributed by atoms with Crippen molar-refractivity contribution in [1.29, 1.82) is 0 Å². The number of aromatic carboxylic acids is 1. The second-order valence-electron chi connectivity index (χ2n) is 3.64. The Bertz CT molecular complexity index is 432. The first-order valence-electron chi connectivity index (χ1n) is 4.98. The molecule has 0 unspecified atom stereocenters. The Morgan fingerprint density at radius 3 is 2.62 bits per heavy atom. The lowest BCUT2D eigenvalue weighted by molar-refractivity contribution is 0.0696. The van der Waals surface area contributed by atoms with Crippen LogP contribution in [-0.2, 0) is 0 Å². The molecule has 0 amide bonds. The van der Waals surface area contributed by atoms with Crippen molar-refractivity contribution in [2.75, 3.05) is 11.4 Å². The summed E-state index contributed by atoms with van der Waals surface area (Å²) in [7, 11) is 0. The van der Waals surface area contributed by atoms with Crippen molar-refractivity contribution < 1.29 is 9.90 Å². The van der Waals surface area contributed by atoms with Gasteiger partial charge in [0.1, 0.15) is 0 Å². The van der Waals surface area contributed by atoms with Gasteiger partial charge in [-0.15, -0.1) is 6.42 Å². The third-order valence-electron chi connectivity index (χ3n) is 2.39. The molecular weight excluding hydrogens is 206 g/mol. The highest BCUT2D eigenvalue weighted by molar-refractivity contribution is 5.86. The van der Waals surface area contributed by atoms with Crippen molar-refractivity contribution in [3.8, 4) is 12.3 Å². The van der Waals surface area contributed by atoms with Gasteiger partial charge in [-0.25, -0.2) is 14.8 Å². The molecule has 16 heavy (non-hydrogen) atoms. The highest BCUT2D eigenvalue weighted by Crippen LogP contribution is 2.29. The lowest BCUT2D eigenvalue weighted by atomic mass is 10.3. The van der Waals surface area contributed by atoms with Crippen molar-refractivity contribution in [3.05, 3.63) is 18.0 Å². The Labute approximate surface area is 93.1 Å². The predicted octanol–water partition coefficient (Wildman–Crippen LogP) is 0.777. The average Bonchev–Trinajstić information content (AvgIpc) is 3.10. The summed E-state index contributed by atoms with van der Waals surface area (Å²) >= 11 is 0. The average molecular weight is 217 g/mol. The molecule has 1 aliphatic rings. The number of rotatable bonds is 4. The van der Waals surface area contributed by atoms with E-state index in [2.05, 4.69) is 15.9 Å². The number of carboxylic acids is 1. The van der Waals surface area contributed by atoms with Crippen LogP contribution in [0.4, 0.5) is 5.95 Å². The molecule has 1 aromatic heterocycles. The van der Waals surface area contributed by atoms with Gasteiger partial charge >= 0.3 is 5.97 Å². The minimum absolute atomic E-state index is 0.0835. The number of carboxylic acid groups (broad SMARTS) is 1. The van der Waals surface area contributed by atoms with E-state index < -0.39 is 5.97 Å². The highest BCUT2D eigenvalue weighted by Gasteiger charge is 2.30. The lowest BCUT2D eigenvalue weighted by Gasteiger charge is -2.18. The second-order valence-corrected chi connectivity index (χ2v) is 3.64. The zero-order valence-electron chi connectivity index (χ0n) is 8.63. The van der Waals surface area contributed by atoms with Gasteiger partial charge in [-0.3, -0.25) is 0 Å². The number of aromatic nitrogens is 2. The van der Waals surface area contributed by atoms with E-state index in [1.165, 1.54) is 12.4 Å². The maximum atomic E-state index is 10.6. The quantitative estimate of drug-likeness (QED) is 0.755. The van der Waals surface area contributed by atoms with Crippen LogP contribution in [0.1, 0.15) is 23.2 Å². The maximum absolute atomic E-state index is 10.6. The number of hydrogen-bond donors (Lipinski definition) is 1. The SMILES string of the molecule is C#CCN(c1ncc(C(=O)O)cn1)C1CC1. The monoisotopic (exact) mass is 217 g/mol. The fourth-order valence-corrected chi connectivity index (χ4v) is 1.43. The molecule has 1 N–H and O–H groups in total. The number of terminal acetylenes is 1. The molecule has 1 heterocycles. The van der Waals surface area contributed by atoms with Crippen molar-refractivity contribution >= 4 is 11.9 Å². The van der Waals surface area contributed by atoms with E-state index in [9.17, 15) is 4.79 Å². The highest BCUT2D eigenvalue weighted by atomic mass is 16.4. The number of carbonyl (C=O) groups is 1. The van der Waals surface area contributed by atoms with Gasteiger partial charge in [0.25, 0.3) is 0 Å². The molecule has 0 saturated heterocycles. The number of nitrogens with zero attached hydrogens (tertiary/aromatic N) is 3. The fourth-order valence-electron chi connectivity index (χ4n) is 1.43. The summed E-state index contributed by atoms with van der Waals surface area (Å²) < 4.78 is 0. The molecule has 1 aliphatic carbocycles. The van der Waals surface area contributed by atoms with E-state index >= 15 is 0 Å². The van der Waals surface area contributed by atoms with Crippen LogP contribution in [0.15, 0.2) is 12.4 Å². The molecule has 0 radical (unpaired) electrons. The van der Waals surface area contributed by atoms with Crippen molar-refractivity contribution in [2.24, 2.45) is 0 Å². The molecule has 5 nitrogen and oxygen atoms in total. The first-order valence-corrected chi connectivity index (χ1v) is 4.98. The van der Waals surface area contributed by atoms with Crippen LogP contribution in [0.5, 0.6) is 0 Å². The van der Waals surface area contributed by atoms with Crippen LogP contribution in [0.2, 0.25) is 0 Å². The van der Waals surface area contributed by atoms with Crippen LogP contribution in [0.3, 0.4) is 0 Å². The molecule has 0 aliphatic heterocycles. The number of hydrogen-bond acceptors (Lipinski definition) is 4. The first-order chi connectivity index (χ1) is 7.72. The second kappa shape index (κ2) is 4.19. The van der Waals surface area contributed by atoms with Gasteiger partial charge in [-0.2, -0.15) is 0 Å². The molecule has 1 aromatic rings. The molecule has 0 bridgehead atoms. The van der Waals surface area contributed by atoms with E-state index in [4.69, 9.17) is 11.5 Å². The molecule has 0 spiro atoms. The van der Waals surface area contributed by atoms with E-state index in [-0.39, 0.29) is 5.56 Å². The van der Waals surface area contributed by atoms with Crippen LogP contribution in [-0.4, -0.2) is 33.6 Å². The largest absolute Gasteiger partial charge is 0.478 e. The topological polar surface area (TPSA) is 66.3 Å². The molecule has 0 aromatic carbocycles. The summed E-state index contributed by atoms with van der Waals surface area (Å²) in [5.41, 5.74) is 0.0835. The van der Waals surface area contributed by atoms with E-state index in [0.29, 0.717) is 18.5 Å². The van der Waals surface area contributed by atoms with Crippen LogP contribution in [0, 0.1) is 12.3 Å². The van der Waals surface area contributed by atoms with Crippen LogP contribution in [0.25, 0.3) is 0 Å². The minimum atomic E-state index is -1.03. The molecule has 1 fully saturated rings. The van der Waals surface area contributed by atoms with Gasteiger partial charge in [0.15, 0.2) is 0 Å².